The Morgan fingerprint density at radius 1 is 1.29 bits per heavy atom. The Labute approximate surface area is 148 Å². The fourth-order valence-corrected chi connectivity index (χ4v) is 3.17. The third kappa shape index (κ3) is 5.69. The van der Waals surface area contributed by atoms with Crippen LogP contribution in [0, 0.1) is 5.92 Å². The number of carbonyl (C=O) groups excluding carboxylic acids is 1. The van der Waals surface area contributed by atoms with Gasteiger partial charge in [0.15, 0.2) is 0 Å². The summed E-state index contributed by atoms with van der Waals surface area (Å²) in [5.41, 5.74) is 1.83. The molecule has 2 aromatic rings. The van der Waals surface area contributed by atoms with E-state index in [2.05, 4.69) is 28.7 Å². The van der Waals surface area contributed by atoms with Crippen molar-refractivity contribution in [2.24, 2.45) is 5.92 Å². The van der Waals surface area contributed by atoms with Crippen molar-refractivity contribution < 1.29 is 4.79 Å². The zero-order valence-electron chi connectivity index (χ0n) is 14.9. The predicted molar refractivity (Wildman–Crippen MR) is 99.0 cm³/mol. The molecule has 0 aliphatic carbocycles. The second kappa shape index (κ2) is 8.89. The third-order valence-electron chi connectivity index (χ3n) is 3.55. The molecule has 0 saturated carbocycles. The Hall–Kier alpha value is -1.79. The number of rotatable bonds is 8. The van der Waals surface area contributed by atoms with Gasteiger partial charge in [-0.05, 0) is 32.1 Å². The summed E-state index contributed by atoms with van der Waals surface area (Å²) in [5, 5.41) is 2.88. The van der Waals surface area contributed by atoms with Gasteiger partial charge >= 0.3 is 0 Å². The number of pyridine rings is 1. The number of thiazole rings is 1. The molecule has 2 rings (SSSR count). The molecule has 0 spiro atoms. The van der Waals surface area contributed by atoms with Crippen molar-refractivity contribution in [1.29, 1.82) is 0 Å². The van der Waals surface area contributed by atoms with Crippen molar-refractivity contribution in [2.75, 3.05) is 33.7 Å². The van der Waals surface area contributed by atoms with Crippen LogP contribution in [-0.2, 0) is 11.2 Å². The molecule has 0 aliphatic rings. The quantitative estimate of drug-likeness (QED) is 0.737. The zero-order chi connectivity index (χ0) is 17.5. The van der Waals surface area contributed by atoms with Gasteiger partial charge in [-0.1, -0.05) is 13.8 Å². The highest BCUT2D eigenvalue weighted by molar-refractivity contribution is 7.13. The fourth-order valence-electron chi connectivity index (χ4n) is 2.36. The first-order valence-electron chi connectivity index (χ1n) is 8.23. The first kappa shape index (κ1) is 18.5. The first-order valence-corrected chi connectivity index (χ1v) is 9.11. The van der Waals surface area contributed by atoms with E-state index in [9.17, 15) is 4.79 Å². The Balaban J connectivity index is 2.02. The van der Waals surface area contributed by atoms with Crippen molar-refractivity contribution in [1.82, 2.24) is 19.8 Å². The van der Waals surface area contributed by atoms with Crippen molar-refractivity contribution in [3.63, 3.8) is 0 Å². The molecular formula is C18H26N4OS. The lowest BCUT2D eigenvalue weighted by molar-refractivity contribution is -0.131. The van der Waals surface area contributed by atoms with Gasteiger partial charge in [0.2, 0.25) is 5.91 Å². The van der Waals surface area contributed by atoms with Gasteiger partial charge in [0, 0.05) is 43.0 Å². The maximum Gasteiger partial charge on any atom is 0.228 e. The summed E-state index contributed by atoms with van der Waals surface area (Å²) in [6.45, 7) is 6.69. The van der Waals surface area contributed by atoms with Gasteiger partial charge in [0.05, 0.1) is 12.1 Å². The van der Waals surface area contributed by atoms with E-state index in [1.54, 1.807) is 23.7 Å². The predicted octanol–water partition coefficient (Wildman–Crippen LogP) is 2.79. The van der Waals surface area contributed by atoms with Crippen LogP contribution in [0.5, 0.6) is 0 Å². The van der Waals surface area contributed by atoms with Crippen molar-refractivity contribution >= 4 is 17.2 Å². The summed E-state index contributed by atoms with van der Waals surface area (Å²) >= 11 is 1.56. The van der Waals surface area contributed by atoms with Crippen molar-refractivity contribution in [3.05, 3.63) is 35.6 Å². The number of aromatic nitrogens is 2. The molecule has 6 heteroatoms. The molecule has 0 N–H and O–H groups in total. The van der Waals surface area contributed by atoms with Crippen LogP contribution < -0.4 is 0 Å². The van der Waals surface area contributed by atoms with E-state index in [0.29, 0.717) is 12.3 Å². The molecule has 0 saturated heterocycles. The highest BCUT2D eigenvalue weighted by Gasteiger charge is 2.17. The summed E-state index contributed by atoms with van der Waals surface area (Å²) in [4.78, 5) is 25.4. The normalized spacial score (nSPS) is 11.2. The first-order chi connectivity index (χ1) is 11.5. The molecule has 0 bridgehead atoms. The number of likely N-dealkylation sites (N-methyl/N-ethyl adjacent to an activating group) is 1. The average Bonchev–Trinajstić information content (AvgIpc) is 3.00. The number of nitrogens with zero attached hydrogens (tertiary/aromatic N) is 4. The summed E-state index contributed by atoms with van der Waals surface area (Å²) < 4.78 is 0. The van der Waals surface area contributed by atoms with Crippen LogP contribution in [0.4, 0.5) is 0 Å². The van der Waals surface area contributed by atoms with E-state index < -0.39 is 0 Å². The van der Waals surface area contributed by atoms with E-state index in [4.69, 9.17) is 0 Å². The van der Waals surface area contributed by atoms with Crippen molar-refractivity contribution in [3.8, 4) is 10.6 Å². The molecule has 0 unspecified atom stereocenters. The van der Waals surface area contributed by atoms with Crippen LogP contribution in [0.25, 0.3) is 10.6 Å². The number of amides is 1. The minimum absolute atomic E-state index is 0.147. The van der Waals surface area contributed by atoms with Gasteiger partial charge in [-0.2, -0.15) is 0 Å². The average molecular weight is 346 g/mol. The standard InChI is InChI=1S/C18H26N4OS/c1-14(2)12-22(9-8-21(3)4)17(23)10-16-13-24-18(20-16)15-6-5-7-19-11-15/h5-7,11,13-14H,8-10,12H2,1-4H3. The fraction of sp³-hybridized carbons (Fsp3) is 0.500. The molecule has 2 heterocycles. The van der Waals surface area contributed by atoms with E-state index in [1.807, 2.05) is 36.5 Å². The summed E-state index contributed by atoms with van der Waals surface area (Å²) in [6, 6.07) is 3.88. The highest BCUT2D eigenvalue weighted by Crippen LogP contribution is 2.23. The van der Waals surface area contributed by atoms with Gasteiger partial charge in [-0.15, -0.1) is 11.3 Å². The van der Waals surface area contributed by atoms with Gasteiger partial charge in [0.25, 0.3) is 0 Å². The van der Waals surface area contributed by atoms with Crippen LogP contribution >= 0.6 is 11.3 Å². The van der Waals surface area contributed by atoms with Crippen LogP contribution in [0.2, 0.25) is 0 Å². The van der Waals surface area contributed by atoms with E-state index in [0.717, 1.165) is 35.9 Å². The smallest absolute Gasteiger partial charge is 0.228 e. The summed E-state index contributed by atoms with van der Waals surface area (Å²) in [6.07, 6.45) is 3.90. The molecule has 0 atom stereocenters. The molecule has 0 aromatic carbocycles. The second-order valence-electron chi connectivity index (χ2n) is 6.60. The molecule has 5 nitrogen and oxygen atoms in total. The molecule has 0 radical (unpaired) electrons. The largest absolute Gasteiger partial charge is 0.341 e. The second-order valence-corrected chi connectivity index (χ2v) is 7.46. The van der Waals surface area contributed by atoms with Crippen LogP contribution in [0.1, 0.15) is 19.5 Å². The monoisotopic (exact) mass is 346 g/mol. The minimum Gasteiger partial charge on any atom is -0.341 e. The number of carbonyl (C=O) groups is 1. The van der Waals surface area contributed by atoms with E-state index in [1.165, 1.54) is 0 Å². The highest BCUT2D eigenvalue weighted by atomic mass is 32.1. The van der Waals surface area contributed by atoms with Crippen LogP contribution in [0.15, 0.2) is 29.9 Å². The maximum absolute atomic E-state index is 12.7. The van der Waals surface area contributed by atoms with Gasteiger partial charge in [0.1, 0.15) is 5.01 Å². The van der Waals surface area contributed by atoms with Crippen LogP contribution in [-0.4, -0.2) is 59.4 Å². The summed E-state index contributed by atoms with van der Waals surface area (Å²) in [7, 11) is 4.05. The summed E-state index contributed by atoms with van der Waals surface area (Å²) in [5.74, 6) is 0.603. The zero-order valence-corrected chi connectivity index (χ0v) is 15.7. The Morgan fingerprint density at radius 2 is 2.08 bits per heavy atom. The van der Waals surface area contributed by atoms with E-state index in [-0.39, 0.29) is 5.91 Å². The lowest BCUT2D eigenvalue weighted by Gasteiger charge is -2.26. The molecule has 0 aliphatic heterocycles. The van der Waals surface area contributed by atoms with Crippen molar-refractivity contribution in [2.45, 2.75) is 20.3 Å². The Morgan fingerprint density at radius 3 is 2.71 bits per heavy atom. The lowest BCUT2D eigenvalue weighted by atomic mass is 10.2. The Bertz CT molecular complexity index is 639. The molecule has 130 valence electrons. The number of hydrogen-bond acceptors (Lipinski definition) is 5. The SMILES string of the molecule is CC(C)CN(CCN(C)C)C(=O)Cc1csc(-c2cccnc2)n1. The molecule has 24 heavy (non-hydrogen) atoms. The molecule has 1 amide bonds. The molecule has 0 fully saturated rings. The third-order valence-corrected chi connectivity index (χ3v) is 4.49. The lowest BCUT2D eigenvalue weighted by Crippen LogP contribution is -2.39. The minimum atomic E-state index is 0.147. The maximum atomic E-state index is 12.7. The molecular weight excluding hydrogens is 320 g/mol. The van der Waals surface area contributed by atoms with Crippen LogP contribution in [0.3, 0.4) is 0 Å². The molecule has 2 aromatic heterocycles. The van der Waals surface area contributed by atoms with Gasteiger partial charge < -0.3 is 9.80 Å². The topological polar surface area (TPSA) is 49.3 Å². The van der Waals surface area contributed by atoms with Gasteiger partial charge in [-0.3, -0.25) is 9.78 Å². The number of hydrogen-bond donors (Lipinski definition) is 0. The Kier molecular flexibility index (Phi) is 6.87. The van der Waals surface area contributed by atoms with Gasteiger partial charge in [-0.25, -0.2) is 4.98 Å². The van der Waals surface area contributed by atoms with E-state index >= 15 is 0 Å².